The molecular weight excluding hydrogens is 212 g/mol. The summed E-state index contributed by atoms with van der Waals surface area (Å²) in [7, 11) is 0. The van der Waals surface area contributed by atoms with E-state index in [1.807, 2.05) is 39.0 Å². The van der Waals surface area contributed by atoms with E-state index in [2.05, 4.69) is 10.2 Å². The largest absolute Gasteiger partial charge is 0.298 e. The molecule has 88 valence electrons. The molecule has 0 unspecified atom stereocenters. The lowest BCUT2D eigenvalue weighted by Gasteiger charge is -1.99. The van der Waals surface area contributed by atoms with Crippen LogP contribution < -0.4 is 0 Å². The highest BCUT2D eigenvalue weighted by Gasteiger charge is 2.22. The number of carbonyl (C=O) groups is 1. The van der Waals surface area contributed by atoms with Crippen LogP contribution in [0.3, 0.4) is 0 Å². The van der Waals surface area contributed by atoms with Gasteiger partial charge in [0.25, 0.3) is 0 Å². The predicted molar refractivity (Wildman–Crippen MR) is 68.3 cm³/mol. The van der Waals surface area contributed by atoms with E-state index in [1.54, 1.807) is 0 Å². The van der Waals surface area contributed by atoms with Crippen molar-refractivity contribution in [2.45, 2.75) is 27.2 Å². The van der Waals surface area contributed by atoms with Crippen LogP contribution in [0.15, 0.2) is 18.2 Å². The topological polar surface area (TPSA) is 45.8 Å². The van der Waals surface area contributed by atoms with Crippen molar-refractivity contribution in [3.63, 3.8) is 0 Å². The first-order valence-corrected chi connectivity index (χ1v) is 5.92. The van der Waals surface area contributed by atoms with Crippen LogP contribution in [0, 0.1) is 6.92 Å². The molecule has 1 N–H and O–H groups in total. The molecule has 0 amide bonds. The minimum absolute atomic E-state index is 0.737. The fourth-order valence-electron chi connectivity index (χ4n) is 2.15. The van der Waals surface area contributed by atoms with Gasteiger partial charge < -0.3 is 0 Å². The Morgan fingerprint density at radius 3 is 2.82 bits per heavy atom. The van der Waals surface area contributed by atoms with Gasteiger partial charge in [-0.1, -0.05) is 26.0 Å². The molecule has 3 heteroatoms. The number of nitrogens with zero attached hydrogens (tertiary/aromatic N) is 1. The van der Waals surface area contributed by atoms with Crippen LogP contribution in [-0.4, -0.2) is 16.5 Å². The summed E-state index contributed by atoms with van der Waals surface area (Å²) in [6.45, 7) is 6.03. The van der Waals surface area contributed by atoms with Gasteiger partial charge in [-0.25, -0.2) is 0 Å². The van der Waals surface area contributed by atoms with Gasteiger partial charge in [0.05, 0.1) is 5.69 Å². The molecule has 0 saturated carbocycles. The van der Waals surface area contributed by atoms with Gasteiger partial charge in [-0.2, -0.15) is 5.10 Å². The van der Waals surface area contributed by atoms with Crippen LogP contribution >= 0.6 is 0 Å². The summed E-state index contributed by atoms with van der Waals surface area (Å²) in [5.74, 6) is 0. The highest BCUT2D eigenvalue weighted by atomic mass is 16.1. The number of H-pyrrole nitrogens is 1. The Balaban J connectivity index is 0.000000514. The first-order chi connectivity index (χ1) is 8.29. The van der Waals surface area contributed by atoms with Gasteiger partial charge in [-0.3, -0.25) is 9.89 Å². The van der Waals surface area contributed by atoms with Crippen LogP contribution in [0.4, 0.5) is 0 Å². The summed E-state index contributed by atoms with van der Waals surface area (Å²) in [4.78, 5) is 10.7. The molecule has 0 aliphatic heterocycles. The molecule has 1 aliphatic rings. The second-order valence-electron chi connectivity index (χ2n) is 3.89. The van der Waals surface area contributed by atoms with E-state index in [9.17, 15) is 4.79 Å². The molecular formula is C14H16N2O. The average molecular weight is 228 g/mol. The molecule has 3 rings (SSSR count). The quantitative estimate of drug-likeness (QED) is 0.650. The van der Waals surface area contributed by atoms with E-state index in [4.69, 9.17) is 0 Å². The number of carbonyl (C=O) groups excluding carboxylic acids is 1. The van der Waals surface area contributed by atoms with Crippen LogP contribution in [0.2, 0.25) is 0 Å². The molecule has 1 aromatic heterocycles. The molecule has 0 radical (unpaired) electrons. The van der Waals surface area contributed by atoms with Crippen molar-refractivity contribution in [1.82, 2.24) is 10.2 Å². The smallest absolute Gasteiger partial charge is 0.150 e. The predicted octanol–water partition coefficient (Wildman–Crippen LogP) is 3.13. The van der Waals surface area contributed by atoms with Gasteiger partial charge in [-0.05, 0) is 18.6 Å². The molecule has 0 saturated heterocycles. The van der Waals surface area contributed by atoms with Crippen LogP contribution in [0.1, 0.15) is 41.0 Å². The highest BCUT2D eigenvalue weighted by molar-refractivity contribution is 5.81. The van der Waals surface area contributed by atoms with Gasteiger partial charge >= 0.3 is 0 Å². The molecule has 0 spiro atoms. The number of rotatable bonds is 1. The van der Waals surface area contributed by atoms with E-state index in [0.29, 0.717) is 0 Å². The van der Waals surface area contributed by atoms with Gasteiger partial charge in [0.1, 0.15) is 6.29 Å². The fraction of sp³-hybridized carbons (Fsp3) is 0.286. The van der Waals surface area contributed by atoms with Gasteiger partial charge in [0.2, 0.25) is 0 Å². The molecule has 1 heterocycles. The third-order valence-corrected chi connectivity index (χ3v) is 2.96. The molecule has 2 aromatic rings. The first kappa shape index (κ1) is 11.6. The Hall–Kier alpha value is -1.90. The van der Waals surface area contributed by atoms with Crippen molar-refractivity contribution in [2.75, 3.05) is 0 Å². The molecule has 0 bridgehead atoms. The van der Waals surface area contributed by atoms with Crippen molar-refractivity contribution >= 4 is 6.29 Å². The summed E-state index contributed by atoms with van der Waals surface area (Å²) in [5.41, 5.74) is 6.51. The number of fused-ring (bicyclic) bond motifs is 3. The fourth-order valence-corrected chi connectivity index (χ4v) is 2.15. The monoisotopic (exact) mass is 228 g/mol. The maximum absolute atomic E-state index is 10.7. The minimum Gasteiger partial charge on any atom is -0.298 e. The first-order valence-electron chi connectivity index (χ1n) is 5.92. The Morgan fingerprint density at radius 1 is 1.35 bits per heavy atom. The number of hydrogen-bond acceptors (Lipinski definition) is 2. The number of benzene rings is 1. The van der Waals surface area contributed by atoms with Crippen molar-refractivity contribution in [1.29, 1.82) is 0 Å². The Bertz CT molecular complexity index is 555. The standard InChI is InChI=1S/C12H10N2O.C2H6/c1-7-11-5-9-4-8(6-15)2-3-10(9)12(11)14-13-7;1-2/h2-4,6H,5H2,1H3,(H,13,14);1-2H3. The molecule has 3 nitrogen and oxygen atoms in total. The average Bonchev–Trinajstić information content (AvgIpc) is 2.91. The number of hydrogen-bond donors (Lipinski definition) is 1. The second-order valence-corrected chi connectivity index (χ2v) is 3.89. The third kappa shape index (κ3) is 1.78. The Labute approximate surface area is 101 Å². The normalized spacial score (nSPS) is 11.2. The van der Waals surface area contributed by atoms with E-state index in [0.717, 1.165) is 35.2 Å². The summed E-state index contributed by atoms with van der Waals surface area (Å²) in [6.07, 6.45) is 1.77. The second kappa shape index (κ2) is 4.53. The van der Waals surface area contributed by atoms with Gasteiger partial charge in [0, 0.05) is 28.8 Å². The lowest BCUT2D eigenvalue weighted by Crippen LogP contribution is -1.87. The number of aromatic amines is 1. The zero-order chi connectivity index (χ0) is 12.4. The van der Waals surface area contributed by atoms with Crippen molar-refractivity contribution in [2.24, 2.45) is 0 Å². The molecule has 1 aromatic carbocycles. The number of aryl methyl sites for hydroxylation is 1. The third-order valence-electron chi connectivity index (χ3n) is 2.96. The molecule has 17 heavy (non-hydrogen) atoms. The number of aromatic nitrogens is 2. The van der Waals surface area contributed by atoms with Crippen LogP contribution in [-0.2, 0) is 6.42 Å². The summed E-state index contributed by atoms with van der Waals surface area (Å²) in [5, 5.41) is 7.27. The van der Waals surface area contributed by atoms with E-state index in [1.165, 1.54) is 11.1 Å². The Kier molecular flexibility index (Phi) is 3.09. The van der Waals surface area contributed by atoms with Crippen molar-refractivity contribution < 1.29 is 4.79 Å². The number of aldehydes is 1. The van der Waals surface area contributed by atoms with E-state index < -0.39 is 0 Å². The highest BCUT2D eigenvalue weighted by Crippen LogP contribution is 2.36. The zero-order valence-electron chi connectivity index (χ0n) is 10.4. The van der Waals surface area contributed by atoms with Crippen LogP contribution in [0.5, 0.6) is 0 Å². The SMILES string of the molecule is CC.Cc1[nH]nc2c1Cc1cc(C=O)ccc1-2. The van der Waals surface area contributed by atoms with Gasteiger partial charge in [-0.15, -0.1) is 0 Å². The summed E-state index contributed by atoms with van der Waals surface area (Å²) in [6, 6.07) is 5.76. The maximum atomic E-state index is 10.7. The summed E-state index contributed by atoms with van der Waals surface area (Å²) >= 11 is 0. The van der Waals surface area contributed by atoms with Crippen molar-refractivity contribution in [3.8, 4) is 11.3 Å². The molecule has 0 fully saturated rings. The lowest BCUT2D eigenvalue weighted by molar-refractivity contribution is 0.112. The summed E-state index contributed by atoms with van der Waals surface area (Å²) < 4.78 is 0. The minimum atomic E-state index is 0.737. The lowest BCUT2D eigenvalue weighted by atomic mass is 10.1. The van der Waals surface area contributed by atoms with Crippen molar-refractivity contribution in [3.05, 3.63) is 40.6 Å². The maximum Gasteiger partial charge on any atom is 0.150 e. The molecule has 0 atom stereocenters. The van der Waals surface area contributed by atoms with Crippen LogP contribution in [0.25, 0.3) is 11.3 Å². The number of nitrogens with one attached hydrogen (secondary N) is 1. The van der Waals surface area contributed by atoms with Gasteiger partial charge in [0.15, 0.2) is 0 Å². The Morgan fingerprint density at radius 2 is 2.12 bits per heavy atom. The van der Waals surface area contributed by atoms with E-state index >= 15 is 0 Å². The zero-order valence-corrected chi connectivity index (χ0v) is 10.4. The molecule has 1 aliphatic carbocycles. The van der Waals surface area contributed by atoms with E-state index in [-0.39, 0.29) is 0 Å².